The molecular formula is C36H44O15. The van der Waals surface area contributed by atoms with Gasteiger partial charge in [-0.2, -0.15) is 0 Å². The van der Waals surface area contributed by atoms with E-state index in [2.05, 4.69) is 0 Å². The number of esters is 3. The number of ether oxygens (including phenoxy) is 11. The molecule has 0 amide bonds. The highest BCUT2D eigenvalue weighted by Gasteiger charge is 2.35. The zero-order chi connectivity index (χ0) is 37.7. The standard InChI is InChI=1S/C36H44O15/c1-10-36(18-49-33(38)21-11-24(17-37)30(46-7)25(12-21)41-2,19-50-34(39)22-13-26(42-3)31(47-8)27(14-22)43-4)20-51-35(40)23-15-28(44-5)32(48-9)29(16-23)45-6/h11-16,37H,10,17-20H2,1-9H3. The van der Waals surface area contributed by atoms with Crippen molar-refractivity contribution in [3.8, 4) is 46.0 Å². The summed E-state index contributed by atoms with van der Waals surface area (Å²) in [6.45, 7) is 0.281. The molecule has 0 unspecified atom stereocenters. The average molecular weight is 717 g/mol. The van der Waals surface area contributed by atoms with Gasteiger partial charge in [-0.3, -0.25) is 0 Å². The maximum atomic E-state index is 13.4. The molecular weight excluding hydrogens is 672 g/mol. The SMILES string of the molecule is CCC(COC(=O)c1cc(CO)c(OC)c(OC)c1)(COC(=O)c1cc(OC)c(OC)c(OC)c1)COC(=O)c1cc(OC)c(OC)c(OC)c1. The summed E-state index contributed by atoms with van der Waals surface area (Å²) in [6.07, 6.45) is 0.221. The summed E-state index contributed by atoms with van der Waals surface area (Å²) in [5.74, 6) is -0.347. The number of hydrogen-bond donors (Lipinski definition) is 1. The van der Waals surface area contributed by atoms with Crippen molar-refractivity contribution in [1.82, 2.24) is 0 Å². The van der Waals surface area contributed by atoms with Gasteiger partial charge in [0.1, 0.15) is 19.8 Å². The number of carbonyl (C=O) groups excluding carboxylic acids is 3. The fourth-order valence-electron chi connectivity index (χ4n) is 5.01. The lowest BCUT2D eigenvalue weighted by atomic mass is 9.88. The lowest BCUT2D eigenvalue weighted by molar-refractivity contribution is -0.0382. The van der Waals surface area contributed by atoms with Crippen LogP contribution in [0.25, 0.3) is 0 Å². The van der Waals surface area contributed by atoms with E-state index in [1.807, 2.05) is 0 Å². The van der Waals surface area contributed by atoms with Crippen LogP contribution in [-0.2, 0) is 20.8 Å². The Kier molecular flexibility index (Phi) is 14.4. The normalized spacial score (nSPS) is 10.8. The average Bonchev–Trinajstić information content (AvgIpc) is 3.18. The number of rotatable bonds is 19. The summed E-state index contributed by atoms with van der Waals surface area (Å²) >= 11 is 0. The highest BCUT2D eigenvalue weighted by atomic mass is 16.6. The van der Waals surface area contributed by atoms with E-state index in [1.165, 1.54) is 93.3 Å². The van der Waals surface area contributed by atoms with Crippen molar-refractivity contribution >= 4 is 17.9 Å². The van der Waals surface area contributed by atoms with Crippen molar-refractivity contribution in [1.29, 1.82) is 0 Å². The lowest BCUT2D eigenvalue weighted by Gasteiger charge is -2.31. The molecule has 15 nitrogen and oxygen atoms in total. The zero-order valence-corrected chi connectivity index (χ0v) is 30.2. The summed E-state index contributed by atoms with van der Waals surface area (Å²) in [7, 11) is 11.3. The Labute approximate surface area is 296 Å². The van der Waals surface area contributed by atoms with Crippen molar-refractivity contribution < 1.29 is 71.6 Å². The van der Waals surface area contributed by atoms with E-state index in [-0.39, 0.29) is 88.9 Å². The second-order valence-electron chi connectivity index (χ2n) is 10.9. The van der Waals surface area contributed by atoms with Crippen molar-refractivity contribution in [3.63, 3.8) is 0 Å². The van der Waals surface area contributed by atoms with Crippen LogP contribution in [0.3, 0.4) is 0 Å². The minimum absolute atomic E-state index is 0.0607. The number of aliphatic hydroxyl groups excluding tert-OH is 1. The Bertz CT molecular complexity index is 1420. The number of aliphatic hydroxyl groups is 1. The second kappa shape index (κ2) is 18.4. The molecule has 0 radical (unpaired) electrons. The molecule has 3 rings (SSSR count). The van der Waals surface area contributed by atoms with E-state index >= 15 is 0 Å². The van der Waals surface area contributed by atoms with Gasteiger partial charge in [0.25, 0.3) is 0 Å². The van der Waals surface area contributed by atoms with E-state index in [1.54, 1.807) is 6.92 Å². The maximum Gasteiger partial charge on any atom is 0.338 e. The zero-order valence-electron chi connectivity index (χ0n) is 30.2. The monoisotopic (exact) mass is 716 g/mol. The molecule has 0 heterocycles. The van der Waals surface area contributed by atoms with Gasteiger partial charge in [0.15, 0.2) is 34.5 Å². The van der Waals surface area contributed by atoms with Crippen LogP contribution in [0.15, 0.2) is 36.4 Å². The predicted octanol–water partition coefficient (Wildman–Crippen LogP) is 4.51. The molecule has 0 aliphatic heterocycles. The molecule has 0 saturated carbocycles. The molecule has 0 spiro atoms. The van der Waals surface area contributed by atoms with Crippen LogP contribution < -0.4 is 37.9 Å². The Morgan fingerprint density at radius 2 is 0.784 bits per heavy atom. The van der Waals surface area contributed by atoms with Crippen LogP contribution in [0.1, 0.15) is 50.0 Å². The molecule has 3 aromatic rings. The minimum atomic E-state index is -1.24. The third-order valence-corrected chi connectivity index (χ3v) is 8.04. The third kappa shape index (κ3) is 9.16. The first-order chi connectivity index (χ1) is 24.5. The van der Waals surface area contributed by atoms with E-state index in [0.29, 0.717) is 5.56 Å². The first-order valence-electron chi connectivity index (χ1n) is 15.5. The molecule has 0 aliphatic rings. The molecule has 0 atom stereocenters. The quantitative estimate of drug-likeness (QED) is 0.135. The first-order valence-corrected chi connectivity index (χ1v) is 15.5. The minimum Gasteiger partial charge on any atom is -0.493 e. The Balaban J connectivity index is 1.95. The predicted molar refractivity (Wildman–Crippen MR) is 181 cm³/mol. The molecule has 0 bridgehead atoms. The van der Waals surface area contributed by atoms with Crippen LogP contribution in [0, 0.1) is 5.41 Å². The molecule has 15 heteroatoms. The van der Waals surface area contributed by atoms with Gasteiger partial charge in [-0.1, -0.05) is 6.92 Å². The van der Waals surface area contributed by atoms with Crippen molar-refractivity contribution in [2.24, 2.45) is 5.41 Å². The Morgan fingerprint density at radius 3 is 1.04 bits per heavy atom. The van der Waals surface area contributed by atoms with Crippen molar-refractivity contribution in [2.45, 2.75) is 20.0 Å². The van der Waals surface area contributed by atoms with Gasteiger partial charge < -0.3 is 57.2 Å². The van der Waals surface area contributed by atoms with E-state index < -0.39 is 29.9 Å². The fraction of sp³-hybridized carbons (Fsp3) is 0.417. The molecule has 51 heavy (non-hydrogen) atoms. The Morgan fingerprint density at radius 1 is 0.490 bits per heavy atom. The fourth-order valence-corrected chi connectivity index (χ4v) is 5.01. The van der Waals surface area contributed by atoms with Crippen molar-refractivity contribution in [3.05, 3.63) is 58.7 Å². The maximum absolute atomic E-state index is 13.4. The molecule has 278 valence electrons. The number of methoxy groups -OCH3 is 8. The number of hydrogen-bond acceptors (Lipinski definition) is 15. The molecule has 0 aliphatic carbocycles. The highest BCUT2D eigenvalue weighted by Crippen LogP contribution is 2.40. The topological polar surface area (TPSA) is 173 Å². The highest BCUT2D eigenvalue weighted by molar-refractivity contribution is 5.92. The van der Waals surface area contributed by atoms with Crippen LogP contribution >= 0.6 is 0 Å². The molecule has 1 N–H and O–H groups in total. The van der Waals surface area contributed by atoms with E-state index in [9.17, 15) is 19.5 Å². The van der Waals surface area contributed by atoms with Crippen LogP contribution in [0.4, 0.5) is 0 Å². The van der Waals surface area contributed by atoms with E-state index in [0.717, 1.165) is 0 Å². The van der Waals surface area contributed by atoms with Gasteiger partial charge in [-0.05, 0) is 42.8 Å². The summed E-state index contributed by atoms with van der Waals surface area (Å²) in [5, 5.41) is 9.87. The smallest absolute Gasteiger partial charge is 0.338 e. The first kappa shape index (κ1) is 39.9. The summed E-state index contributed by atoms with van der Waals surface area (Å²) < 4.78 is 60.0. The van der Waals surface area contributed by atoms with Gasteiger partial charge in [0.2, 0.25) is 11.5 Å². The molecule has 0 aromatic heterocycles. The third-order valence-electron chi connectivity index (χ3n) is 8.04. The summed E-state index contributed by atoms with van der Waals surface area (Å²) in [6, 6.07) is 8.53. The second-order valence-corrected chi connectivity index (χ2v) is 10.9. The van der Waals surface area contributed by atoms with E-state index in [4.69, 9.17) is 52.1 Å². The summed E-state index contributed by atoms with van der Waals surface area (Å²) in [4.78, 5) is 40.1. The molecule has 3 aromatic carbocycles. The van der Waals surface area contributed by atoms with Gasteiger partial charge in [-0.15, -0.1) is 0 Å². The van der Waals surface area contributed by atoms with Crippen LogP contribution in [0.5, 0.6) is 46.0 Å². The summed E-state index contributed by atoms with van der Waals surface area (Å²) in [5.41, 5.74) is -0.710. The van der Waals surface area contributed by atoms with Gasteiger partial charge >= 0.3 is 17.9 Å². The number of carbonyl (C=O) groups is 3. The van der Waals surface area contributed by atoms with Gasteiger partial charge in [0, 0.05) is 5.56 Å². The lowest BCUT2D eigenvalue weighted by Crippen LogP contribution is -2.39. The number of benzene rings is 3. The van der Waals surface area contributed by atoms with Crippen molar-refractivity contribution in [2.75, 3.05) is 76.7 Å². The Hall–Kier alpha value is -5.57. The van der Waals surface area contributed by atoms with Crippen LogP contribution in [0.2, 0.25) is 0 Å². The van der Waals surface area contributed by atoms with Gasteiger partial charge in [0.05, 0.1) is 85.6 Å². The largest absolute Gasteiger partial charge is 0.493 e. The van der Waals surface area contributed by atoms with Crippen LogP contribution in [-0.4, -0.2) is 99.7 Å². The molecule has 0 fully saturated rings. The molecule has 0 saturated heterocycles. The van der Waals surface area contributed by atoms with Gasteiger partial charge in [-0.25, -0.2) is 14.4 Å².